The number of hydrogen-bond acceptors (Lipinski definition) is 5. The van der Waals surface area contributed by atoms with E-state index in [4.69, 9.17) is 4.74 Å². The first-order chi connectivity index (χ1) is 11.0. The van der Waals surface area contributed by atoms with Gasteiger partial charge in [0.2, 0.25) is 0 Å². The lowest BCUT2D eigenvalue weighted by Crippen LogP contribution is -2.44. The minimum absolute atomic E-state index is 0.0430. The summed E-state index contributed by atoms with van der Waals surface area (Å²) in [6.07, 6.45) is 0.157. The van der Waals surface area contributed by atoms with Crippen molar-refractivity contribution in [3.8, 4) is 0 Å². The highest BCUT2D eigenvalue weighted by Crippen LogP contribution is 2.31. The van der Waals surface area contributed by atoms with Crippen molar-refractivity contribution in [2.45, 2.75) is 25.4 Å². The molecule has 0 saturated carbocycles. The predicted octanol–water partition coefficient (Wildman–Crippen LogP) is 1.59. The van der Waals surface area contributed by atoms with Crippen LogP contribution in [-0.2, 0) is 24.0 Å². The number of hydrogen-bond donors (Lipinski definition) is 0. The summed E-state index contributed by atoms with van der Waals surface area (Å²) >= 11 is 0. The third-order valence-corrected chi connectivity index (χ3v) is 3.65. The summed E-state index contributed by atoms with van der Waals surface area (Å²) in [5.74, 6) is 0. The largest absolute Gasteiger partial charge is 0.418 e. The maximum atomic E-state index is 13.0. The zero-order chi connectivity index (χ0) is 16.3. The van der Waals surface area contributed by atoms with Gasteiger partial charge in [0.25, 0.3) is 0 Å². The molecule has 23 heavy (non-hydrogen) atoms. The summed E-state index contributed by atoms with van der Waals surface area (Å²) in [5.41, 5.74) is -0.638. The molecule has 1 aliphatic rings. The van der Waals surface area contributed by atoms with E-state index in [1.54, 1.807) is 17.1 Å². The van der Waals surface area contributed by atoms with E-state index in [1.165, 1.54) is 12.3 Å². The van der Waals surface area contributed by atoms with Gasteiger partial charge in [-0.1, -0.05) is 5.21 Å². The number of aromatic nitrogens is 4. The molecule has 0 radical (unpaired) electrons. The second-order valence-corrected chi connectivity index (χ2v) is 5.35. The van der Waals surface area contributed by atoms with Gasteiger partial charge in [0.15, 0.2) is 0 Å². The maximum Gasteiger partial charge on any atom is 0.418 e. The Labute approximate surface area is 130 Å². The van der Waals surface area contributed by atoms with Crippen LogP contribution in [0.4, 0.5) is 13.2 Å². The van der Waals surface area contributed by atoms with Crippen LogP contribution in [-0.4, -0.2) is 50.7 Å². The highest BCUT2D eigenvalue weighted by atomic mass is 19.4. The minimum Gasteiger partial charge on any atom is -0.374 e. The summed E-state index contributed by atoms with van der Waals surface area (Å²) in [6, 6.07) is 2.37. The fraction of sp³-hybridized carbons (Fsp3) is 0.500. The molecular weight excluding hydrogens is 311 g/mol. The van der Waals surface area contributed by atoms with Crippen LogP contribution in [0, 0.1) is 0 Å². The Kier molecular flexibility index (Phi) is 4.58. The SMILES string of the molecule is FC(F)(F)c1cccnc1CN1CCOC(Cn2ccnn2)C1. The molecular formula is C14H16F3N5O. The van der Waals surface area contributed by atoms with Crippen LogP contribution >= 0.6 is 0 Å². The number of nitrogens with zero attached hydrogens (tertiary/aromatic N) is 5. The van der Waals surface area contributed by atoms with Gasteiger partial charge in [-0.2, -0.15) is 13.2 Å². The topological polar surface area (TPSA) is 56.1 Å². The van der Waals surface area contributed by atoms with Crippen LogP contribution in [0.5, 0.6) is 0 Å². The fourth-order valence-electron chi connectivity index (χ4n) is 2.61. The Morgan fingerprint density at radius 1 is 1.30 bits per heavy atom. The summed E-state index contributed by atoms with van der Waals surface area (Å²) < 4.78 is 46.4. The van der Waals surface area contributed by atoms with E-state index in [0.717, 1.165) is 6.07 Å². The van der Waals surface area contributed by atoms with Crippen molar-refractivity contribution < 1.29 is 17.9 Å². The van der Waals surface area contributed by atoms with Gasteiger partial charge >= 0.3 is 6.18 Å². The van der Waals surface area contributed by atoms with Crippen molar-refractivity contribution >= 4 is 0 Å². The van der Waals surface area contributed by atoms with Crippen molar-refractivity contribution in [2.24, 2.45) is 0 Å². The summed E-state index contributed by atoms with van der Waals surface area (Å²) in [5, 5.41) is 7.59. The van der Waals surface area contributed by atoms with Gasteiger partial charge in [-0.25, -0.2) is 4.68 Å². The third kappa shape index (κ3) is 4.05. The number of pyridine rings is 1. The lowest BCUT2D eigenvalue weighted by molar-refractivity contribution is -0.139. The van der Waals surface area contributed by atoms with Gasteiger partial charge < -0.3 is 4.74 Å². The lowest BCUT2D eigenvalue weighted by atomic mass is 10.1. The first kappa shape index (κ1) is 15.9. The molecule has 1 fully saturated rings. The van der Waals surface area contributed by atoms with Gasteiger partial charge in [-0.3, -0.25) is 9.88 Å². The predicted molar refractivity (Wildman–Crippen MR) is 74.3 cm³/mol. The molecule has 0 aliphatic carbocycles. The standard InChI is InChI=1S/C14H16F3N5O/c15-14(16,17)12-2-1-3-18-13(12)10-21-6-7-23-11(8-21)9-22-5-4-19-20-22/h1-5,11H,6-10H2. The van der Waals surface area contributed by atoms with Crippen LogP contribution in [0.3, 0.4) is 0 Å². The van der Waals surface area contributed by atoms with Crippen molar-refractivity contribution in [3.63, 3.8) is 0 Å². The molecule has 1 atom stereocenters. The Balaban J connectivity index is 1.66. The molecule has 9 heteroatoms. The van der Waals surface area contributed by atoms with Crippen LogP contribution in [0.25, 0.3) is 0 Å². The van der Waals surface area contributed by atoms with Gasteiger partial charge in [0, 0.05) is 32.0 Å². The van der Waals surface area contributed by atoms with Crippen molar-refractivity contribution in [2.75, 3.05) is 19.7 Å². The summed E-state index contributed by atoms with van der Waals surface area (Å²) in [7, 11) is 0. The Bertz CT molecular complexity index is 632. The molecule has 1 saturated heterocycles. The lowest BCUT2D eigenvalue weighted by Gasteiger charge is -2.32. The van der Waals surface area contributed by atoms with E-state index >= 15 is 0 Å². The second kappa shape index (κ2) is 6.63. The number of morpholine rings is 1. The average molecular weight is 327 g/mol. The molecule has 1 unspecified atom stereocenters. The highest BCUT2D eigenvalue weighted by molar-refractivity contribution is 5.23. The molecule has 124 valence electrons. The van der Waals surface area contributed by atoms with Gasteiger partial charge in [0.05, 0.1) is 36.7 Å². The number of ether oxygens (including phenoxy) is 1. The van der Waals surface area contributed by atoms with Gasteiger partial charge in [0.1, 0.15) is 0 Å². The van der Waals surface area contributed by atoms with E-state index in [0.29, 0.717) is 26.2 Å². The molecule has 3 rings (SSSR count). The molecule has 0 spiro atoms. The number of alkyl halides is 3. The smallest absolute Gasteiger partial charge is 0.374 e. The molecule has 0 aromatic carbocycles. The van der Waals surface area contributed by atoms with E-state index in [-0.39, 0.29) is 18.3 Å². The molecule has 2 aromatic rings. The monoisotopic (exact) mass is 327 g/mol. The summed E-state index contributed by atoms with van der Waals surface area (Å²) in [4.78, 5) is 5.83. The normalized spacial score (nSPS) is 19.9. The van der Waals surface area contributed by atoms with Crippen LogP contribution < -0.4 is 0 Å². The van der Waals surface area contributed by atoms with E-state index in [1.807, 2.05) is 4.90 Å². The highest BCUT2D eigenvalue weighted by Gasteiger charge is 2.34. The molecule has 0 amide bonds. The fourth-order valence-corrected chi connectivity index (χ4v) is 2.61. The number of halogens is 3. The van der Waals surface area contributed by atoms with E-state index in [2.05, 4.69) is 15.3 Å². The summed E-state index contributed by atoms with van der Waals surface area (Å²) in [6.45, 7) is 2.22. The Morgan fingerprint density at radius 3 is 2.91 bits per heavy atom. The Morgan fingerprint density at radius 2 is 2.17 bits per heavy atom. The van der Waals surface area contributed by atoms with Crippen LogP contribution in [0.2, 0.25) is 0 Å². The first-order valence-corrected chi connectivity index (χ1v) is 7.21. The zero-order valence-corrected chi connectivity index (χ0v) is 12.3. The van der Waals surface area contributed by atoms with Crippen molar-refractivity contribution in [1.29, 1.82) is 0 Å². The maximum absolute atomic E-state index is 13.0. The first-order valence-electron chi connectivity index (χ1n) is 7.21. The Hall–Kier alpha value is -2.00. The zero-order valence-electron chi connectivity index (χ0n) is 12.3. The molecule has 3 heterocycles. The van der Waals surface area contributed by atoms with E-state index in [9.17, 15) is 13.2 Å². The second-order valence-electron chi connectivity index (χ2n) is 5.35. The molecule has 6 nitrogen and oxygen atoms in total. The van der Waals surface area contributed by atoms with Gasteiger partial charge in [-0.15, -0.1) is 5.10 Å². The number of rotatable bonds is 4. The van der Waals surface area contributed by atoms with Crippen LogP contribution in [0.15, 0.2) is 30.7 Å². The van der Waals surface area contributed by atoms with Crippen molar-refractivity contribution in [1.82, 2.24) is 24.9 Å². The molecule has 2 aromatic heterocycles. The van der Waals surface area contributed by atoms with E-state index < -0.39 is 11.7 Å². The third-order valence-electron chi connectivity index (χ3n) is 3.65. The molecule has 1 aliphatic heterocycles. The minimum atomic E-state index is -4.39. The molecule has 0 N–H and O–H groups in total. The van der Waals surface area contributed by atoms with Crippen molar-refractivity contribution in [3.05, 3.63) is 42.0 Å². The van der Waals surface area contributed by atoms with Crippen LogP contribution in [0.1, 0.15) is 11.3 Å². The van der Waals surface area contributed by atoms with Gasteiger partial charge in [-0.05, 0) is 12.1 Å². The average Bonchev–Trinajstić information content (AvgIpc) is 3.00. The molecule has 0 bridgehead atoms. The quantitative estimate of drug-likeness (QED) is 0.854.